The fourth-order valence-electron chi connectivity index (χ4n) is 4.55. The Morgan fingerprint density at radius 3 is 2.25 bits per heavy atom. The van der Waals surface area contributed by atoms with Gasteiger partial charge in [0.1, 0.15) is 0 Å². The number of nitrogens with one attached hydrogen (secondary N) is 1. The van der Waals surface area contributed by atoms with E-state index in [1.165, 1.54) is 0 Å². The lowest BCUT2D eigenvalue weighted by atomic mass is 9.96. The molecule has 1 saturated heterocycles. The average molecular weight is 431 g/mol. The number of para-hydroxylation sites is 1. The SMILES string of the molecule is Cc1ccccc1-n1c(C)cc(C(=O)Nc2ccc(N3CCC(C(N)=O)CC3)cc2)c1C. The van der Waals surface area contributed by atoms with Crippen LogP contribution in [0.4, 0.5) is 11.4 Å². The third-order valence-corrected chi connectivity index (χ3v) is 6.42. The van der Waals surface area contributed by atoms with E-state index < -0.39 is 0 Å². The van der Waals surface area contributed by atoms with Gasteiger partial charge in [-0.15, -0.1) is 0 Å². The van der Waals surface area contributed by atoms with Crippen LogP contribution in [-0.2, 0) is 4.79 Å². The third kappa shape index (κ3) is 4.26. The first-order valence-corrected chi connectivity index (χ1v) is 11.1. The highest BCUT2D eigenvalue weighted by Gasteiger charge is 2.23. The first kappa shape index (κ1) is 21.7. The summed E-state index contributed by atoms with van der Waals surface area (Å²) in [6.07, 6.45) is 1.56. The summed E-state index contributed by atoms with van der Waals surface area (Å²) in [5.41, 5.74) is 12.1. The zero-order chi connectivity index (χ0) is 22.8. The topological polar surface area (TPSA) is 80.4 Å². The number of aromatic nitrogens is 1. The van der Waals surface area contributed by atoms with Crippen LogP contribution in [0.15, 0.2) is 54.6 Å². The summed E-state index contributed by atoms with van der Waals surface area (Å²) >= 11 is 0. The fraction of sp³-hybridized carbons (Fsp3) is 0.308. The van der Waals surface area contributed by atoms with Gasteiger partial charge in [-0.1, -0.05) is 18.2 Å². The van der Waals surface area contributed by atoms with Crippen LogP contribution in [0, 0.1) is 26.7 Å². The Hall–Kier alpha value is -3.54. The Kier molecular flexibility index (Phi) is 6.04. The fourth-order valence-corrected chi connectivity index (χ4v) is 4.55. The van der Waals surface area contributed by atoms with E-state index in [1.807, 2.05) is 56.3 Å². The summed E-state index contributed by atoms with van der Waals surface area (Å²) in [5.74, 6) is -0.346. The maximum atomic E-state index is 13.0. The molecule has 1 aliphatic heterocycles. The third-order valence-electron chi connectivity index (χ3n) is 6.42. The molecule has 2 amide bonds. The number of nitrogens with zero attached hydrogens (tertiary/aromatic N) is 2. The lowest BCUT2D eigenvalue weighted by Crippen LogP contribution is -2.38. The quantitative estimate of drug-likeness (QED) is 0.631. The molecule has 0 atom stereocenters. The predicted octanol–water partition coefficient (Wildman–Crippen LogP) is 4.36. The van der Waals surface area contributed by atoms with Crippen molar-refractivity contribution in [2.75, 3.05) is 23.3 Å². The zero-order valence-electron chi connectivity index (χ0n) is 18.9. The predicted molar refractivity (Wildman–Crippen MR) is 129 cm³/mol. The number of piperidine rings is 1. The molecule has 0 radical (unpaired) electrons. The van der Waals surface area contributed by atoms with Crippen LogP contribution < -0.4 is 16.0 Å². The van der Waals surface area contributed by atoms with Crippen molar-refractivity contribution < 1.29 is 9.59 Å². The summed E-state index contributed by atoms with van der Waals surface area (Å²) in [7, 11) is 0. The smallest absolute Gasteiger partial charge is 0.257 e. The number of amides is 2. The van der Waals surface area contributed by atoms with E-state index in [0.717, 1.165) is 59.9 Å². The minimum Gasteiger partial charge on any atom is -0.371 e. The van der Waals surface area contributed by atoms with Gasteiger partial charge >= 0.3 is 0 Å². The van der Waals surface area contributed by atoms with Gasteiger partial charge in [0.2, 0.25) is 5.91 Å². The Bertz CT molecular complexity index is 1140. The number of benzene rings is 2. The Labute approximate surface area is 189 Å². The van der Waals surface area contributed by atoms with Crippen LogP contribution >= 0.6 is 0 Å². The van der Waals surface area contributed by atoms with Gasteiger partial charge in [0.25, 0.3) is 5.91 Å². The molecular weight excluding hydrogens is 400 g/mol. The highest BCUT2D eigenvalue weighted by atomic mass is 16.2. The highest BCUT2D eigenvalue weighted by molar-refractivity contribution is 6.05. The number of aryl methyl sites for hydroxylation is 2. The number of nitrogens with two attached hydrogens (primary N) is 1. The minimum atomic E-state index is -0.204. The first-order chi connectivity index (χ1) is 15.3. The van der Waals surface area contributed by atoms with Gasteiger partial charge in [-0.05, 0) is 75.6 Å². The van der Waals surface area contributed by atoms with Crippen LogP contribution in [0.2, 0.25) is 0 Å². The molecule has 0 unspecified atom stereocenters. The Morgan fingerprint density at radius 2 is 1.62 bits per heavy atom. The Morgan fingerprint density at radius 1 is 0.969 bits per heavy atom. The van der Waals surface area contributed by atoms with Gasteiger partial charge in [-0.3, -0.25) is 9.59 Å². The van der Waals surface area contributed by atoms with Gasteiger partial charge in [-0.2, -0.15) is 0 Å². The molecule has 166 valence electrons. The molecule has 6 heteroatoms. The first-order valence-electron chi connectivity index (χ1n) is 11.1. The summed E-state index contributed by atoms with van der Waals surface area (Å²) in [4.78, 5) is 26.6. The van der Waals surface area contributed by atoms with Crippen LogP contribution in [-0.4, -0.2) is 29.5 Å². The molecule has 0 bridgehead atoms. The van der Waals surface area contributed by atoms with Crippen LogP contribution in [0.3, 0.4) is 0 Å². The van der Waals surface area contributed by atoms with E-state index in [4.69, 9.17) is 5.73 Å². The maximum Gasteiger partial charge on any atom is 0.257 e. The van der Waals surface area contributed by atoms with Crippen molar-refractivity contribution in [1.29, 1.82) is 0 Å². The van der Waals surface area contributed by atoms with Crippen molar-refractivity contribution in [3.05, 3.63) is 77.1 Å². The number of hydrogen-bond acceptors (Lipinski definition) is 3. The molecule has 2 heterocycles. The molecule has 1 aliphatic rings. The van der Waals surface area contributed by atoms with Crippen molar-refractivity contribution >= 4 is 23.2 Å². The summed E-state index contributed by atoms with van der Waals surface area (Å²) in [6.45, 7) is 7.69. The Balaban J connectivity index is 1.47. The van der Waals surface area contributed by atoms with E-state index in [1.54, 1.807) is 0 Å². The van der Waals surface area contributed by atoms with E-state index in [2.05, 4.69) is 33.8 Å². The van der Waals surface area contributed by atoms with Crippen molar-refractivity contribution in [3.8, 4) is 5.69 Å². The lowest BCUT2D eigenvalue weighted by Gasteiger charge is -2.32. The van der Waals surface area contributed by atoms with Crippen LogP contribution in [0.5, 0.6) is 0 Å². The molecule has 2 aromatic carbocycles. The van der Waals surface area contributed by atoms with Crippen molar-refractivity contribution in [1.82, 2.24) is 4.57 Å². The second kappa shape index (κ2) is 8.91. The molecule has 3 aromatic rings. The average Bonchev–Trinajstić information content (AvgIpc) is 3.09. The highest BCUT2D eigenvalue weighted by Crippen LogP contribution is 2.26. The zero-order valence-corrected chi connectivity index (χ0v) is 18.9. The number of primary amides is 1. The monoisotopic (exact) mass is 430 g/mol. The number of hydrogen-bond donors (Lipinski definition) is 2. The number of rotatable bonds is 5. The van der Waals surface area contributed by atoms with Crippen molar-refractivity contribution in [2.45, 2.75) is 33.6 Å². The minimum absolute atomic E-state index is 0.0245. The summed E-state index contributed by atoms with van der Waals surface area (Å²) in [5, 5.41) is 3.03. The van der Waals surface area contributed by atoms with E-state index in [0.29, 0.717) is 5.56 Å². The summed E-state index contributed by atoms with van der Waals surface area (Å²) < 4.78 is 2.13. The number of carbonyl (C=O) groups is 2. The second-order valence-corrected chi connectivity index (χ2v) is 8.57. The van der Waals surface area contributed by atoms with Crippen LogP contribution in [0.25, 0.3) is 5.69 Å². The number of carbonyl (C=O) groups excluding carboxylic acids is 2. The maximum absolute atomic E-state index is 13.0. The standard InChI is InChI=1S/C26H30N4O2/c1-17-6-4-5-7-24(17)30-18(2)16-23(19(30)3)26(32)28-21-8-10-22(11-9-21)29-14-12-20(13-15-29)25(27)31/h4-11,16,20H,12-15H2,1-3H3,(H2,27,31)(H,28,32). The lowest BCUT2D eigenvalue weighted by molar-refractivity contribution is -0.122. The van der Waals surface area contributed by atoms with Gasteiger partial charge in [0, 0.05) is 47.5 Å². The molecule has 32 heavy (non-hydrogen) atoms. The summed E-state index contributed by atoms with van der Waals surface area (Å²) in [6, 6.07) is 18.0. The van der Waals surface area contributed by atoms with E-state index in [-0.39, 0.29) is 17.7 Å². The van der Waals surface area contributed by atoms with Gasteiger partial charge in [0.05, 0.1) is 5.56 Å². The molecule has 3 N–H and O–H groups in total. The number of anilines is 2. The van der Waals surface area contributed by atoms with E-state index in [9.17, 15) is 9.59 Å². The normalized spacial score (nSPS) is 14.4. The van der Waals surface area contributed by atoms with E-state index >= 15 is 0 Å². The molecule has 6 nitrogen and oxygen atoms in total. The van der Waals surface area contributed by atoms with Crippen molar-refractivity contribution in [2.24, 2.45) is 11.7 Å². The van der Waals surface area contributed by atoms with Gasteiger partial charge in [0.15, 0.2) is 0 Å². The molecule has 0 spiro atoms. The molecule has 0 saturated carbocycles. The molecular formula is C26H30N4O2. The molecule has 1 aromatic heterocycles. The molecule has 1 fully saturated rings. The van der Waals surface area contributed by atoms with Crippen molar-refractivity contribution in [3.63, 3.8) is 0 Å². The largest absolute Gasteiger partial charge is 0.371 e. The molecule has 0 aliphatic carbocycles. The molecule has 4 rings (SSSR count). The second-order valence-electron chi connectivity index (χ2n) is 8.57. The van der Waals surface area contributed by atoms with Gasteiger partial charge in [-0.25, -0.2) is 0 Å². The van der Waals surface area contributed by atoms with Crippen LogP contribution in [0.1, 0.15) is 40.2 Å². The van der Waals surface area contributed by atoms with Gasteiger partial charge < -0.3 is 20.5 Å².